The van der Waals surface area contributed by atoms with Crippen LogP contribution >= 0.6 is 24.0 Å². The molecule has 1 fully saturated rings. The van der Waals surface area contributed by atoms with Crippen LogP contribution in [0.5, 0.6) is 0 Å². The fourth-order valence-corrected chi connectivity index (χ4v) is 3.29. The van der Waals surface area contributed by atoms with Crippen molar-refractivity contribution in [3.63, 3.8) is 0 Å². The fraction of sp³-hybridized carbons (Fsp3) is 0.400. The SMILES string of the molecule is CN=C(NCCc1ccccn1)NCC1(c2ccccc2)CCC1.I. The molecule has 0 bridgehead atoms. The Balaban J connectivity index is 0.00000225. The van der Waals surface area contributed by atoms with Gasteiger partial charge in [-0.3, -0.25) is 9.98 Å². The van der Waals surface area contributed by atoms with Crippen LogP contribution in [0, 0.1) is 0 Å². The van der Waals surface area contributed by atoms with Crippen LogP contribution in [0.3, 0.4) is 0 Å². The van der Waals surface area contributed by atoms with Gasteiger partial charge in [-0.2, -0.15) is 0 Å². The molecule has 3 rings (SSSR count). The Kier molecular flexibility index (Phi) is 7.68. The zero-order chi connectivity index (χ0) is 16.7. The molecule has 134 valence electrons. The van der Waals surface area contributed by atoms with Gasteiger partial charge < -0.3 is 10.6 Å². The molecule has 2 N–H and O–H groups in total. The summed E-state index contributed by atoms with van der Waals surface area (Å²) in [6.45, 7) is 1.76. The molecule has 4 nitrogen and oxygen atoms in total. The average molecular weight is 450 g/mol. The highest BCUT2D eigenvalue weighted by atomic mass is 127. The lowest BCUT2D eigenvalue weighted by atomic mass is 9.64. The maximum Gasteiger partial charge on any atom is 0.191 e. The van der Waals surface area contributed by atoms with Crippen LogP contribution in [0.4, 0.5) is 0 Å². The van der Waals surface area contributed by atoms with Crippen molar-refractivity contribution in [2.45, 2.75) is 31.1 Å². The molecule has 1 aliphatic carbocycles. The smallest absolute Gasteiger partial charge is 0.191 e. The molecule has 2 aromatic rings. The van der Waals surface area contributed by atoms with Crippen molar-refractivity contribution in [1.29, 1.82) is 0 Å². The molecule has 0 saturated heterocycles. The molecule has 0 amide bonds. The Morgan fingerprint density at radius 1 is 1.08 bits per heavy atom. The lowest BCUT2D eigenvalue weighted by Crippen LogP contribution is -2.49. The van der Waals surface area contributed by atoms with Crippen LogP contribution in [-0.4, -0.2) is 31.1 Å². The van der Waals surface area contributed by atoms with Gasteiger partial charge in [0.05, 0.1) is 0 Å². The van der Waals surface area contributed by atoms with Gasteiger partial charge in [-0.15, -0.1) is 24.0 Å². The highest BCUT2D eigenvalue weighted by molar-refractivity contribution is 14.0. The quantitative estimate of drug-likeness (QED) is 0.402. The monoisotopic (exact) mass is 450 g/mol. The van der Waals surface area contributed by atoms with Crippen LogP contribution in [0.15, 0.2) is 59.7 Å². The maximum atomic E-state index is 4.35. The standard InChI is InChI=1S/C20H26N4.HI/c1-21-19(23-15-11-18-10-5-6-14-22-18)24-16-20(12-7-13-20)17-8-3-2-4-9-17;/h2-6,8-10,14H,7,11-13,15-16H2,1H3,(H2,21,23,24);1H. The van der Waals surface area contributed by atoms with Crippen LogP contribution in [0.1, 0.15) is 30.5 Å². The second-order valence-corrected chi connectivity index (χ2v) is 6.42. The number of aromatic nitrogens is 1. The second kappa shape index (κ2) is 9.75. The second-order valence-electron chi connectivity index (χ2n) is 6.42. The molecule has 1 aromatic heterocycles. The molecule has 0 atom stereocenters. The van der Waals surface area contributed by atoms with Gasteiger partial charge in [-0.25, -0.2) is 0 Å². The third-order valence-corrected chi connectivity index (χ3v) is 4.91. The van der Waals surface area contributed by atoms with Gasteiger partial charge in [0.15, 0.2) is 5.96 Å². The molecule has 0 radical (unpaired) electrons. The first-order valence-corrected chi connectivity index (χ1v) is 8.72. The number of hydrogen-bond acceptors (Lipinski definition) is 2. The van der Waals surface area contributed by atoms with Crippen molar-refractivity contribution < 1.29 is 0 Å². The summed E-state index contributed by atoms with van der Waals surface area (Å²) in [4.78, 5) is 8.70. The Hall–Kier alpha value is -1.63. The number of pyridine rings is 1. The molecule has 1 aliphatic rings. The summed E-state index contributed by atoms with van der Waals surface area (Å²) < 4.78 is 0. The van der Waals surface area contributed by atoms with E-state index >= 15 is 0 Å². The van der Waals surface area contributed by atoms with E-state index in [0.717, 1.165) is 31.2 Å². The molecule has 5 heteroatoms. The lowest BCUT2D eigenvalue weighted by molar-refractivity contribution is 0.244. The molecule has 0 unspecified atom stereocenters. The van der Waals surface area contributed by atoms with Gasteiger partial charge in [0.2, 0.25) is 0 Å². The summed E-state index contributed by atoms with van der Waals surface area (Å²) in [5, 5.41) is 6.90. The van der Waals surface area contributed by atoms with Crippen molar-refractivity contribution >= 4 is 29.9 Å². The van der Waals surface area contributed by atoms with E-state index in [2.05, 4.69) is 57.0 Å². The number of nitrogens with one attached hydrogen (secondary N) is 2. The average Bonchev–Trinajstić information content (AvgIpc) is 2.61. The number of hydrogen-bond donors (Lipinski definition) is 2. The highest BCUT2D eigenvalue weighted by Crippen LogP contribution is 2.43. The van der Waals surface area contributed by atoms with Crippen LogP contribution in [-0.2, 0) is 11.8 Å². The van der Waals surface area contributed by atoms with E-state index in [9.17, 15) is 0 Å². The number of guanidine groups is 1. The summed E-state index contributed by atoms with van der Waals surface area (Å²) in [5.41, 5.74) is 2.80. The number of halogens is 1. The summed E-state index contributed by atoms with van der Waals surface area (Å²) in [5.74, 6) is 0.869. The number of aliphatic imine (C=N–C) groups is 1. The summed E-state index contributed by atoms with van der Waals surface area (Å²) in [7, 11) is 1.83. The molecule has 1 heterocycles. The molecule has 1 aromatic carbocycles. The number of nitrogens with zero attached hydrogens (tertiary/aromatic N) is 2. The van der Waals surface area contributed by atoms with Crippen LogP contribution in [0.2, 0.25) is 0 Å². The maximum absolute atomic E-state index is 4.35. The zero-order valence-electron chi connectivity index (χ0n) is 14.7. The van der Waals surface area contributed by atoms with Crippen molar-refractivity contribution in [1.82, 2.24) is 15.6 Å². The van der Waals surface area contributed by atoms with Crippen molar-refractivity contribution in [3.05, 3.63) is 66.0 Å². The molecule has 0 spiro atoms. The normalized spacial score (nSPS) is 15.6. The van der Waals surface area contributed by atoms with Crippen molar-refractivity contribution in [3.8, 4) is 0 Å². The minimum Gasteiger partial charge on any atom is -0.356 e. The zero-order valence-corrected chi connectivity index (χ0v) is 17.1. The summed E-state index contributed by atoms with van der Waals surface area (Å²) >= 11 is 0. The molecular formula is C20H27IN4. The van der Waals surface area contributed by atoms with E-state index in [4.69, 9.17) is 0 Å². The molecular weight excluding hydrogens is 423 g/mol. The highest BCUT2D eigenvalue weighted by Gasteiger charge is 2.38. The molecule has 25 heavy (non-hydrogen) atoms. The van der Waals surface area contributed by atoms with E-state index in [1.807, 2.05) is 25.4 Å². The predicted molar refractivity (Wildman–Crippen MR) is 115 cm³/mol. The van der Waals surface area contributed by atoms with Gasteiger partial charge in [0.25, 0.3) is 0 Å². The Morgan fingerprint density at radius 2 is 1.84 bits per heavy atom. The first-order valence-electron chi connectivity index (χ1n) is 8.72. The third kappa shape index (κ3) is 5.17. The number of rotatable bonds is 6. The van der Waals surface area contributed by atoms with Crippen molar-refractivity contribution in [2.75, 3.05) is 20.1 Å². The van der Waals surface area contributed by atoms with Gasteiger partial charge in [-0.05, 0) is 30.5 Å². The third-order valence-electron chi connectivity index (χ3n) is 4.91. The molecule has 0 aliphatic heterocycles. The lowest BCUT2D eigenvalue weighted by Gasteiger charge is -2.43. The van der Waals surface area contributed by atoms with Gasteiger partial charge in [0, 0.05) is 43.9 Å². The summed E-state index contributed by atoms with van der Waals surface area (Å²) in [6.07, 6.45) is 6.53. The minimum absolute atomic E-state index is 0. The van der Waals surface area contributed by atoms with E-state index < -0.39 is 0 Å². The first kappa shape index (κ1) is 19.7. The number of benzene rings is 1. The van der Waals surface area contributed by atoms with Gasteiger partial charge in [-0.1, -0.05) is 42.8 Å². The van der Waals surface area contributed by atoms with E-state index in [0.29, 0.717) is 0 Å². The first-order chi connectivity index (χ1) is 11.8. The Morgan fingerprint density at radius 3 is 2.44 bits per heavy atom. The fourth-order valence-electron chi connectivity index (χ4n) is 3.29. The van der Waals surface area contributed by atoms with E-state index in [1.165, 1.54) is 24.8 Å². The minimum atomic E-state index is 0. The van der Waals surface area contributed by atoms with Crippen LogP contribution in [0.25, 0.3) is 0 Å². The van der Waals surface area contributed by atoms with E-state index in [1.54, 1.807) is 0 Å². The van der Waals surface area contributed by atoms with Crippen LogP contribution < -0.4 is 10.6 Å². The van der Waals surface area contributed by atoms with E-state index in [-0.39, 0.29) is 29.4 Å². The Bertz CT molecular complexity index is 654. The largest absolute Gasteiger partial charge is 0.356 e. The molecule has 1 saturated carbocycles. The predicted octanol–water partition coefficient (Wildman–Crippen LogP) is 3.53. The van der Waals surface area contributed by atoms with Gasteiger partial charge in [0.1, 0.15) is 0 Å². The summed E-state index contributed by atoms with van der Waals surface area (Å²) in [6, 6.07) is 16.9. The Labute approximate surface area is 167 Å². The van der Waals surface area contributed by atoms with Crippen molar-refractivity contribution in [2.24, 2.45) is 4.99 Å². The topological polar surface area (TPSA) is 49.3 Å². The van der Waals surface area contributed by atoms with Gasteiger partial charge >= 0.3 is 0 Å².